The summed E-state index contributed by atoms with van der Waals surface area (Å²) in [5.74, 6) is 0.723. The van der Waals surface area contributed by atoms with Crippen LogP contribution < -0.4 is 5.32 Å². The first-order valence-corrected chi connectivity index (χ1v) is 6.87. The molecule has 0 bridgehead atoms. The highest BCUT2D eigenvalue weighted by atomic mass is 79.9. The van der Waals surface area contributed by atoms with Gasteiger partial charge in [0, 0.05) is 12.4 Å². The predicted molar refractivity (Wildman–Crippen MR) is 71.1 cm³/mol. The van der Waals surface area contributed by atoms with E-state index in [2.05, 4.69) is 31.2 Å². The second kappa shape index (κ2) is 5.46. The van der Waals surface area contributed by atoms with Crippen molar-refractivity contribution in [3.63, 3.8) is 0 Å². The number of aromatic nitrogens is 2. The molecular formula is C11H12BrN3OS. The fourth-order valence-corrected chi connectivity index (χ4v) is 2.79. The van der Waals surface area contributed by atoms with Gasteiger partial charge in [0.05, 0.1) is 14.7 Å². The maximum atomic E-state index is 12.0. The molecule has 0 radical (unpaired) electrons. The molecule has 2 aromatic heterocycles. The quantitative estimate of drug-likeness (QED) is 0.911. The summed E-state index contributed by atoms with van der Waals surface area (Å²) in [7, 11) is 0. The number of carbonyl (C=O) groups is 1. The Morgan fingerprint density at radius 2 is 2.47 bits per heavy atom. The molecule has 1 unspecified atom stereocenters. The average Bonchev–Trinajstić information content (AvgIpc) is 2.96. The number of imidazole rings is 1. The molecule has 0 aliphatic rings. The van der Waals surface area contributed by atoms with Gasteiger partial charge in [-0.25, -0.2) is 4.98 Å². The smallest absolute Gasteiger partial charge is 0.261 e. The Bertz CT molecular complexity index is 495. The second-order valence-electron chi connectivity index (χ2n) is 3.51. The van der Waals surface area contributed by atoms with Gasteiger partial charge in [0.1, 0.15) is 5.82 Å². The largest absolute Gasteiger partial charge is 0.347 e. The molecule has 2 aromatic rings. The summed E-state index contributed by atoms with van der Waals surface area (Å²) >= 11 is 4.76. The maximum Gasteiger partial charge on any atom is 0.261 e. The minimum atomic E-state index is -0.0709. The van der Waals surface area contributed by atoms with Gasteiger partial charge in [-0.15, -0.1) is 11.3 Å². The summed E-state index contributed by atoms with van der Waals surface area (Å²) in [6.07, 6.45) is 4.24. The summed E-state index contributed by atoms with van der Waals surface area (Å²) < 4.78 is 0.952. The number of rotatable bonds is 4. The average molecular weight is 314 g/mol. The van der Waals surface area contributed by atoms with Gasteiger partial charge in [-0.3, -0.25) is 4.79 Å². The van der Waals surface area contributed by atoms with Crippen LogP contribution in [0.15, 0.2) is 28.3 Å². The highest BCUT2D eigenvalue weighted by Gasteiger charge is 2.16. The lowest BCUT2D eigenvalue weighted by Crippen LogP contribution is -2.28. The Morgan fingerprint density at radius 1 is 1.65 bits per heavy atom. The van der Waals surface area contributed by atoms with Crippen LogP contribution >= 0.6 is 27.3 Å². The third-order valence-electron chi connectivity index (χ3n) is 2.36. The van der Waals surface area contributed by atoms with Crippen LogP contribution in [0.2, 0.25) is 0 Å². The van der Waals surface area contributed by atoms with Crippen LogP contribution in [0.5, 0.6) is 0 Å². The normalized spacial score (nSPS) is 12.4. The minimum Gasteiger partial charge on any atom is -0.347 e. The molecule has 0 spiro atoms. The number of carbonyl (C=O) groups excluding carboxylic acids is 1. The van der Waals surface area contributed by atoms with E-state index in [9.17, 15) is 4.79 Å². The molecule has 1 atom stereocenters. The van der Waals surface area contributed by atoms with Gasteiger partial charge < -0.3 is 10.3 Å². The van der Waals surface area contributed by atoms with E-state index < -0.39 is 0 Å². The van der Waals surface area contributed by atoms with E-state index in [1.54, 1.807) is 18.5 Å². The molecule has 0 fully saturated rings. The predicted octanol–water partition coefficient (Wildman–Crippen LogP) is 3.11. The first-order chi connectivity index (χ1) is 8.20. The molecule has 2 N–H and O–H groups in total. The monoisotopic (exact) mass is 313 g/mol. The van der Waals surface area contributed by atoms with Crippen molar-refractivity contribution in [3.05, 3.63) is 39.0 Å². The molecule has 0 saturated heterocycles. The van der Waals surface area contributed by atoms with Gasteiger partial charge in [0.25, 0.3) is 5.91 Å². The molecule has 6 heteroatoms. The molecule has 90 valence electrons. The van der Waals surface area contributed by atoms with Crippen LogP contribution in [-0.2, 0) is 0 Å². The number of aromatic amines is 1. The molecule has 0 saturated carbocycles. The number of nitrogens with one attached hydrogen (secondary N) is 2. The van der Waals surface area contributed by atoms with Gasteiger partial charge in [-0.2, -0.15) is 0 Å². The van der Waals surface area contributed by atoms with Crippen LogP contribution in [0.4, 0.5) is 0 Å². The third kappa shape index (κ3) is 2.95. The molecule has 2 rings (SSSR count). The Kier molecular flexibility index (Phi) is 3.96. The van der Waals surface area contributed by atoms with Crippen LogP contribution in [0.3, 0.4) is 0 Å². The number of nitrogens with zero attached hydrogens (tertiary/aromatic N) is 1. The van der Waals surface area contributed by atoms with E-state index in [4.69, 9.17) is 0 Å². The van der Waals surface area contributed by atoms with E-state index in [1.165, 1.54) is 11.3 Å². The van der Waals surface area contributed by atoms with Gasteiger partial charge in [0.2, 0.25) is 0 Å². The number of amides is 1. The topological polar surface area (TPSA) is 57.8 Å². The fraction of sp³-hybridized carbons (Fsp3) is 0.273. The van der Waals surface area contributed by atoms with E-state index in [1.807, 2.05) is 13.0 Å². The van der Waals surface area contributed by atoms with Crippen molar-refractivity contribution in [2.75, 3.05) is 0 Å². The minimum absolute atomic E-state index is 0.0658. The molecule has 4 nitrogen and oxygen atoms in total. The summed E-state index contributed by atoms with van der Waals surface area (Å²) in [6, 6.07) is 3.60. The fourth-order valence-electron chi connectivity index (χ4n) is 1.50. The molecule has 0 aliphatic carbocycles. The summed E-state index contributed by atoms with van der Waals surface area (Å²) in [4.78, 5) is 19.8. The molecule has 0 aliphatic heterocycles. The first-order valence-electron chi connectivity index (χ1n) is 5.26. The van der Waals surface area contributed by atoms with E-state index in [-0.39, 0.29) is 11.9 Å². The Labute approximate surface area is 112 Å². The van der Waals surface area contributed by atoms with Gasteiger partial charge in [-0.05, 0) is 34.5 Å². The van der Waals surface area contributed by atoms with Crippen LogP contribution in [0, 0.1) is 0 Å². The van der Waals surface area contributed by atoms with E-state index in [0.29, 0.717) is 4.88 Å². The zero-order chi connectivity index (χ0) is 12.3. The molecule has 1 amide bonds. The molecule has 17 heavy (non-hydrogen) atoms. The Hall–Kier alpha value is -1.14. The standard InChI is InChI=1S/C11H12BrN3OS/c1-2-7(10-13-5-6-14-10)15-11(16)8-3-4-9(12)17-8/h3-7H,2H2,1H3,(H,13,14)(H,15,16). The summed E-state index contributed by atoms with van der Waals surface area (Å²) in [5, 5.41) is 2.96. The summed E-state index contributed by atoms with van der Waals surface area (Å²) in [6.45, 7) is 2.01. The van der Waals surface area contributed by atoms with Crippen molar-refractivity contribution >= 4 is 33.2 Å². The number of H-pyrrole nitrogens is 1. The molecular weight excluding hydrogens is 302 g/mol. The zero-order valence-corrected chi connectivity index (χ0v) is 11.6. The van der Waals surface area contributed by atoms with E-state index in [0.717, 1.165) is 16.0 Å². The lowest BCUT2D eigenvalue weighted by atomic mass is 10.2. The number of halogens is 1. The first kappa shape index (κ1) is 12.3. The van der Waals surface area contributed by atoms with Gasteiger partial charge in [0.15, 0.2) is 0 Å². The zero-order valence-electron chi connectivity index (χ0n) is 9.24. The maximum absolute atomic E-state index is 12.0. The van der Waals surface area contributed by atoms with Gasteiger partial charge in [-0.1, -0.05) is 6.92 Å². The Morgan fingerprint density at radius 3 is 3.00 bits per heavy atom. The number of hydrogen-bond acceptors (Lipinski definition) is 3. The van der Waals surface area contributed by atoms with Crippen molar-refractivity contribution in [3.8, 4) is 0 Å². The number of hydrogen-bond donors (Lipinski definition) is 2. The van der Waals surface area contributed by atoms with E-state index >= 15 is 0 Å². The van der Waals surface area contributed by atoms with Crippen molar-refractivity contribution in [1.29, 1.82) is 0 Å². The highest BCUT2D eigenvalue weighted by molar-refractivity contribution is 9.11. The van der Waals surface area contributed by atoms with Crippen molar-refractivity contribution in [2.45, 2.75) is 19.4 Å². The van der Waals surface area contributed by atoms with Crippen LogP contribution in [0.1, 0.15) is 34.9 Å². The second-order valence-corrected chi connectivity index (χ2v) is 5.98. The van der Waals surface area contributed by atoms with Crippen molar-refractivity contribution in [2.24, 2.45) is 0 Å². The number of thiophene rings is 1. The third-order valence-corrected chi connectivity index (χ3v) is 3.98. The molecule has 2 heterocycles. The lowest BCUT2D eigenvalue weighted by Gasteiger charge is -2.13. The SMILES string of the molecule is CCC(NC(=O)c1ccc(Br)s1)c1ncc[nH]1. The van der Waals surface area contributed by atoms with Gasteiger partial charge >= 0.3 is 0 Å². The van der Waals surface area contributed by atoms with Crippen molar-refractivity contribution in [1.82, 2.24) is 15.3 Å². The lowest BCUT2D eigenvalue weighted by molar-refractivity contribution is 0.0938. The molecule has 0 aromatic carbocycles. The van der Waals surface area contributed by atoms with Crippen LogP contribution in [0.25, 0.3) is 0 Å². The van der Waals surface area contributed by atoms with Crippen LogP contribution in [-0.4, -0.2) is 15.9 Å². The highest BCUT2D eigenvalue weighted by Crippen LogP contribution is 2.23. The summed E-state index contributed by atoms with van der Waals surface area (Å²) in [5.41, 5.74) is 0. The Balaban J connectivity index is 2.07. The van der Waals surface area contributed by atoms with Crippen molar-refractivity contribution < 1.29 is 4.79 Å².